The summed E-state index contributed by atoms with van der Waals surface area (Å²) < 4.78 is 6.64. The molecule has 7 aromatic carbocycles. The van der Waals surface area contributed by atoms with Crippen molar-refractivity contribution in [1.82, 2.24) is 0 Å². The van der Waals surface area contributed by atoms with Gasteiger partial charge in [-0.15, -0.1) is 0 Å². The SMILES string of the molecule is Bc1ccccc1C(=O)N1c2ccc(-c3ccccc3)cc2C2(c3ccccc3Oc3ccccc32)c2cc(-c3ccccc3)ccc21. The van der Waals surface area contributed by atoms with Crippen LogP contribution in [0.4, 0.5) is 11.4 Å². The van der Waals surface area contributed by atoms with E-state index in [-0.39, 0.29) is 5.91 Å². The fourth-order valence-corrected chi connectivity index (χ4v) is 7.68. The van der Waals surface area contributed by atoms with Crippen LogP contribution < -0.4 is 15.1 Å². The minimum atomic E-state index is -0.784. The molecule has 226 valence electrons. The average molecular weight is 616 g/mol. The maximum atomic E-state index is 14.9. The van der Waals surface area contributed by atoms with Gasteiger partial charge in [-0.2, -0.15) is 0 Å². The van der Waals surface area contributed by atoms with Crippen LogP contribution in [0.1, 0.15) is 32.6 Å². The highest BCUT2D eigenvalue weighted by molar-refractivity contribution is 6.37. The molecule has 3 nitrogen and oxygen atoms in total. The molecule has 0 fully saturated rings. The van der Waals surface area contributed by atoms with Crippen LogP contribution in [0.3, 0.4) is 0 Å². The number of carbonyl (C=O) groups is 1. The van der Waals surface area contributed by atoms with E-state index in [4.69, 9.17) is 4.74 Å². The highest BCUT2D eigenvalue weighted by Crippen LogP contribution is 2.62. The molecule has 7 aromatic rings. The van der Waals surface area contributed by atoms with Crippen molar-refractivity contribution in [2.24, 2.45) is 0 Å². The Morgan fingerprint density at radius 3 is 1.46 bits per heavy atom. The largest absolute Gasteiger partial charge is 0.457 e. The van der Waals surface area contributed by atoms with Gasteiger partial charge in [0.1, 0.15) is 19.3 Å². The standard InChI is InChI=1S/C44H30BNO2/c45-38-20-10-7-17-33(38)43(47)46-39-25-23-31(29-13-3-1-4-14-29)27-36(39)44(37-28-32(24-26-40(37)46)30-15-5-2-6-16-30)34-18-8-11-21-41(34)48-42-22-12-9-19-35(42)44/h1-28H,45H2. The van der Waals surface area contributed by atoms with Crippen LogP contribution in [0.5, 0.6) is 11.5 Å². The summed E-state index contributed by atoms with van der Waals surface area (Å²) in [5.74, 6) is 1.56. The molecule has 0 saturated heterocycles. The van der Waals surface area contributed by atoms with Crippen LogP contribution in [0.15, 0.2) is 170 Å². The summed E-state index contributed by atoms with van der Waals surface area (Å²) in [5.41, 5.74) is 11.1. The van der Waals surface area contributed by atoms with Crippen LogP contribution in [-0.4, -0.2) is 13.8 Å². The molecule has 2 aliphatic heterocycles. The molecule has 2 aliphatic rings. The first-order valence-corrected chi connectivity index (χ1v) is 16.3. The van der Waals surface area contributed by atoms with Gasteiger partial charge < -0.3 is 4.74 Å². The summed E-state index contributed by atoms with van der Waals surface area (Å²) >= 11 is 0. The van der Waals surface area contributed by atoms with Gasteiger partial charge in [-0.1, -0.05) is 139 Å². The Hall–Kier alpha value is -6.13. The number of anilines is 2. The number of hydrogen-bond donors (Lipinski definition) is 0. The quantitative estimate of drug-likeness (QED) is 0.186. The molecule has 0 atom stereocenters. The average Bonchev–Trinajstić information content (AvgIpc) is 3.15. The maximum Gasteiger partial charge on any atom is 0.262 e. The molecule has 0 aromatic heterocycles. The minimum absolute atomic E-state index is 0.0565. The molecular weight excluding hydrogens is 585 g/mol. The lowest BCUT2D eigenvalue weighted by Gasteiger charge is -2.48. The first-order valence-electron chi connectivity index (χ1n) is 16.3. The molecule has 0 aliphatic carbocycles. The van der Waals surface area contributed by atoms with E-state index in [1.165, 1.54) is 0 Å². The van der Waals surface area contributed by atoms with Crippen molar-refractivity contribution in [2.75, 3.05) is 4.90 Å². The summed E-state index contributed by atoms with van der Waals surface area (Å²) in [4.78, 5) is 16.9. The van der Waals surface area contributed by atoms with Gasteiger partial charge in [0.15, 0.2) is 0 Å². The first-order chi connectivity index (χ1) is 23.6. The Balaban J connectivity index is 1.44. The van der Waals surface area contributed by atoms with E-state index in [9.17, 15) is 4.79 Å². The molecule has 0 unspecified atom stereocenters. The predicted molar refractivity (Wildman–Crippen MR) is 197 cm³/mol. The monoisotopic (exact) mass is 615 g/mol. The number of ether oxygens (including phenoxy) is 1. The van der Waals surface area contributed by atoms with Crippen molar-refractivity contribution >= 4 is 30.6 Å². The summed E-state index contributed by atoms with van der Waals surface area (Å²) in [6.07, 6.45) is 0. The molecule has 0 N–H and O–H groups in total. The zero-order valence-corrected chi connectivity index (χ0v) is 26.4. The van der Waals surface area contributed by atoms with Crippen LogP contribution >= 0.6 is 0 Å². The molecule has 48 heavy (non-hydrogen) atoms. The highest BCUT2D eigenvalue weighted by atomic mass is 16.5. The van der Waals surface area contributed by atoms with Crippen LogP contribution in [0.25, 0.3) is 22.3 Å². The van der Waals surface area contributed by atoms with Gasteiger partial charge in [0.2, 0.25) is 0 Å². The topological polar surface area (TPSA) is 29.5 Å². The van der Waals surface area contributed by atoms with Gasteiger partial charge in [-0.25, -0.2) is 0 Å². The summed E-state index contributed by atoms with van der Waals surface area (Å²) in [6.45, 7) is 0. The molecule has 0 radical (unpaired) electrons. The van der Waals surface area contributed by atoms with Gasteiger partial charge in [-0.3, -0.25) is 9.69 Å². The van der Waals surface area contributed by atoms with Crippen molar-refractivity contribution in [2.45, 2.75) is 5.41 Å². The zero-order valence-electron chi connectivity index (χ0n) is 26.4. The van der Waals surface area contributed by atoms with Gasteiger partial charge in [0, 0.05) is 16.7 Å². The molecule has 4 heteroatoms. The van der Waals surface area contributed by atoms with Gasteiger partial charge in [0.05, 0.1) is 16.8 Å². The minimum Gasteiger partial charge on any atom is -0.457 e. The third kappa shape index (κ3) is 4.12. The van der Waals surface area contributed by atoms with E-state index < -0.39 is 5.41 Å². The van der Waals surface area contributed by atoms with E-state index in [1.54, 1.807) is 0 Å². The lowest BCUT2D eigenvalue weighted by molar-refractivity contribution is 0.0999. The molecule has 1 spiro atoms. The summed E-state index contributed by atoms with van der Waals surface area (Å²) in [6, 6.07) is 58.6. The number of amides is 1. The van der Waals surface area contributed by atoms with Gasteiger partial charge in [-0.05, 0) is 69.8 Å². The first kappa shape index (κ1) is 28.1. The summed E-state index contributed by atoms with van der Waals surface area (Å²) in [7, 11) is 2.00. The normalized spacial score (nSPS) is 13.5. The summed E-state index contributed by atoms with van der Waals surface area (Å²) in [5, 5.41) is 0. The van der Waals surface area contributed by atoms with Crippen molar-refractivity contribution in [3.8, 4) is 33.8 Å². The van der Waals surface area contributed by atoms with Gasteiger partial charge >= 0.3 is 0 Å². The Kier molecular flexibility index (Phi) is 6.44. The van der Waals surface area contributed by atoms with Crippen molar-refractivity contribution in [3.05, 3.63) is 198 Å². The third-order valence-corrected chi connectivity index (χ3v) is 9.88. The fraction of sp³-hybridized carbons (Fsp3) is 0.0227. The number of benzene rings is 7. The second-order valence-electron chi connectivity index (χ2n) is 12.5. The lowest BCUT2D eigenvalue weighted by Crippen LogP contribution is -2.43. The Bertz CT molecular complexity index is 2230. The lowest BCUT2D eigenvalue weighted by atomic mass is 9.60. The zero-order chi connectivity index (χ0) is 32.2. The number of para-hydroxylation sites is 2. The van der Waals surface area contributed by atoms with Gasteiger partial charge in [0.25, 0.3) is 5.91 Å². The van der Waals surface area contributed by atoms with Crippen molar-refractivity contribution in [3.63, 3.8) is 0 Å². The highest BCUT2D eigenvalue weighted by Gasteiger charge is 2.52. The fourth-order valence-electron chi connectivity index (χ4n) is 7.68. The van der Waals surface area contributed by atoms with E-state index in [2.05, 4.69) is 121 Å². The van der Waals surface area contributed by atoms with Crippen molar-refractivity contribution < 1.29 is 9.53 Å². The molecule has 0 saturated carbocycles. The smallest absolute Gasteiger partial charge is 0.262 e. The van der Waals surface area contributed by atoms with Crippen LogP contribution in [-0.2, 0) is 5.41 Å². The Morgan fingerprint density at radius 1 is 0.479 bits per heavy atom. The van der Waals surface area contributed by atoms with Crippen LogP contribution in [0.2, 0.25) is 0 Å². The number of nitrogens with zero attached hydrogens (tertiary/aromatic N) is 1. The van der Waals surface area contributed by atoms with E-state index in [0.717, 1.165) is 72.8 Å². The maximum absolute atomic E-state index is 14.9. The van der Waals surface area contributed by atoms with Crippen LogP contribution in [0, 0.1) is 0 Å². The van der Waals surface area contributed by atoms with Crippen molar-refractivity contribution in [1.29, 1.82) is 0 Å². The number of carbonyl (C=O) groups excluding carboxylic acids is 1. The molecule has 0 bridgehead atoms. The molecule has 2 heterocycles. The number of fused-ring (bicyclic) bond motifs is 8. The van der Waals surface area contributed by atoms with E-state index >= 15 is 0 Å². The third-order valence-electron chi connectivity index (χ3n) is 9.88. The number of hydrogen-bond acceptors (Lipinski definition) is 2. The molecule has 9 rings (SSSR count). The molecule has 1 amide bonds. The second-order valence-corrected chi connectivity index (χ2v) is 12.5. The predicted octanol–water partition coefficient (Wildman–Crippen LogP) is 9.06. The Labute approximate surface area is 281 Å². The second kappa shape index (κ2) is 11.0. The van der Waals surface area contributed by atoms with E-state index in [0.29, 0.717) is 5.56 Å². The van der Waals surface area contributed by atoms with E-state index in [1.807, 2.05) is 61.3 Å². The number of rotatable bonds is 3. The Morgan fingerprint density at radius 2 is 0.938 bits per heavy atom. The molecular formula is C44H30BNO2.